The predicted octanol–water partition coefficient (Wildman–Crippen LogP) is 4.80. The van der Waals surface area contributed by atoms with Gasteiger partial charge in [-0.3, -0.25) is 9.59 Å². The van der Waals surface area contributed by atoms with Crippen molar-refractivity contribution in [3.63, 3.8) is 0 Å². The van der Waals surface area contributed by atoms with Gasteiger partial charge in [-0.25, -0.2) is 0 Å². The Hall–Kier alpha value is -1.65. The zero-order chi connectivity index (χ0) is 17.1. The number of aldehydes is 1. The van der Waals surface area contributed by atoms with Gasteiger partial charge in [0.15, 0.2) is 0 Å². The molecule has 1 heterocycles. The van der Waals surface area contributed by atoms with Gasteiger partial charge in [0.25, 0.3) is 5.91 Å². The van der Waals surface area contributed by atoms with Crippen LogP contribution >= 0.6 is 22.9 Å². The van der Waals surface area contributed by atoms with E-state index in [1.54, 1.807) is 0 Å². The molecule has 124 valence electrons. The molecule has 0 unspecified atom stereocenters. The summed E-state index contributed by atoms with van der Waals surface area (Å²) in [6.45, 7) is 4.41. The van der Waals surface area contributed by atoms with Crippen LogP contribution in [0.25, 0.3) is 10.1 Å². The van der Waals surface area contributed by atoms with Crippen LogP contribution in [0.5, 0.6) is 0 Å². The smallest absolute Gasteiger partial charge is 0.267 e. The van der Waals surface area contributed by atoms with Crippen molar-refractivity contribution in [1.29, 1.82) is 0 Å². The van der Waals surface area contributed by atoms with E-state index in [9.17, 15) is 9.59 Å². The summed E-state index contributed by atoms with van der Waals surface area (Å²) in [5.41, 5.74) is 1.69. The highest BCUT2D eigenvalue weighted by Crippen LogP contribution is 2.60. The molecule has 2 bridgehead atoms. The monoisotopic (exact) mass is 359 g/mol. The summed E-state index contributed by atoms with van der Waals surface area (Å²) in [5.74, 6) is 0.566. The Morgan fingerprint density at radius 3 is 2.79 bits per heavy atom. The number of thiophene rings is 1. The van der Waals surface area contributed by atoms with Gasteiger partial charge in [-0.15, -0.1) is 11.3 Å². The van der Waals surface area contributed by atoms with Gasteiger partial charge in [0.1, 0.15) is 11.2 Å². The maximum absolute atomic E-state index is 12.7. The molecule has 0 radical (unpaired) electrons. The molecule has 2 atom stereocenters. The second-order valence-corrected chi connectivity index (χ2v) is 8.69. The number of amides is 1. The molecule has 3 aliphatic carbocycles. The molecule has 1 N–H and O–H groups in total. The molecule has 1 saturated carbocycles. The van der Waals surface area contributed by atoms with Crippen LogP contribution in [0.1, 0.15) is 36.4 Å². The lowest BCUT2D eigenvalue weighted by atomic mass is 9.48. The second kappa shape index (κ2) is 5.43. The molecule has 5 rings (SSSR count). The average Bonchev–Trinajstić information content (AvgIpc) is 2.92. The molecular formula is C19H18ClNO2S. The van der Waals surface area contributed by atoms with Gasteiger partial charge >= 0.3 is 0 Å². The number of benzene rings is 1. The standard InChI is InChI=1S/C19H18ClNO2S/c1-19(2)10-7-13(19)12(9-22)14(8-10)21-18(23)17-16(20)11-5-3-4-6-15(11)24-17/h3-6,9-10,13H,7-8H2,1-2H3,(H,21,23)/t10-,13+/m1/s1. The fraction of sp³-hybridized carbons (Fsp3) is 0.368. The van der Waals surface area contributed by atoms with Crippen molar-refractivity contribution in [1.82, 2.24) is 5.32 Å². The van der Waals surface area contributed by atoms with E-state index in [4.69, 9.17) is 11.6 Å². The molecule has 2 aromatic rings. The van der Waals surface area contributed by atoms with Crippen LogP contribution in [0.3, 0.4) is 0 Å². The summed E-state index contributed by atoms with van der Waals surface area (Å²) in [7, 11) is 0. The predicted molar refractivity (Wildman–Crippen MR) is 97.4 cm³/mol. The number of allylic oxidation sites excluding steroid dienone is 2. The first-order chi connectivity index (χ1) is 11.4. The minimum atomic E-state index is -0.213. The molecule has 0 spiro atoms. The Kier molecular flexibility index (Phi) is 3.59. The van der Waals surface area contributed by atoms with Crippen LogP contribution < -0.4 is 5.32 Å². The molecule has 0 saturated heterocycles. The van der Waals surface area contributed by atoms with Crippen LogP contribution in [-0.2, 0) is 4.79 Å². The van der Waals surface area contributed by atoms with Crippen molar-refractivity contribution in [3.8, 4) is 0 Å². The number of hydrogen-bond donors (Lipinski definition) is 1. The maximum Gasteiger partial charge on any atom is 0.267 e. The fourth-order valence-corrected chi connectivity index (χ4v) is 5.51. The van der Waals surface area contributed by atoms with Crippen LogP contribution in [-0.4, -0.2) is 12.2 Å². The molecule has 3 aliphatic rings. The Balaban J connectivity index is 1.66. The van der Waals surface area contributed by atoms with Crippen LogP contribution in [0, 0.1) is 17.3 Å². The van der Waals surface area contributed by atoms with Crippen LogP contribution in [0.15, 0.2) is 35.5 Å². The third-order valence-corrected chi connectivity index (χ3v) is 7.45. The van der Waals surface area contributed by atoms with Crippen LogP contribution in [0.2, 0.25) is 5.02 Å². The molecule has 24 heavy (non-hydrogen) atoms. The highest BCUT2D eigenvalue weighted by Gasteiger charge is 2.53. The lowest BCUT2D eigenvalue weighted by Crippen LogP contribution is -2.51. The molecule has 0 aliphatic heterocycles. The SMILES string of the molecule is CC1(C)[C@H]2CC(NC(=O)c3sc4ccccc4c3Cl)=C(C=O)[C@@H]1C2. The number of carbonyl (C=O) groups is 2. The van der Waals surface area contributed by atoms with E-state index in [0.29, 0.717) is 15.8 Å². The average molecular weight is 360 g/mol. The Bertz CT molecular complexity index is 896. The lowest BCUT2D eigenvalue weighted by molar-refractivity contribution is -0.108. The number of fused-ring (bicyclic) bond motifs is 2. The van der Waals surface area contributed by atoms with Gasteiger partial charge in [0.2, 0.25) is 0 Å². The van der Waals surface area contributed by atoms with Crippen molar-refractivity contribution in [2.45, 2.75) is 26.7 Å². The number of halogens is 1. The fourth-order valence-electron chi connectivity index (χ4n) is 4.10. The molecule has 3 nitrogen and oxygen atoms in total. The minimum absolute atomic E-state index is 0.153. The number of rotatable bonds is 3. The Morgan fingerprint density at radius 2 is 2.12 bits per heavy atom. The van der Waals surface area contributed by atoms with Gasteiger partial charge in [-0.2, -0.15) is 0 Å². The number of nitrogens with one attached hydrogen (secondary N) is 1. The molecule has 1 amide bonds. The van der Waals surface area contributed by atoms with Crippen molar-refractivity contribution in [2.75, 3.05) is 0 Å². The second-order valence-electron chi connectivity index (χ2n) is 7.26. The van der Waals surface area contributed by atoms with E-state index in [-0.39, 0.29) is 17.2 Å². The van der Waals surface area contributed by atoms with Crippen LogP contribution in [0.4, 0.5) is 0 Å². The third-order valence-electron chi connectivity index (χ3n) is 5.78. The summed E-state index contributed by atoms with van der Waals surface area (Å²) in [4.78, 5) is 24.8. The van der Waals surface area contributed by atoms with E-state index in [2.05, 4.69) is 19.2 Å². The number of carbonyl (C=O) groups excluding carboxylic acids is 2. The Morgan fingerprint density at radius 1 is 1.38 bits per heavy atom. The van der Waals surface area contributed by atoms with Gasteiger partial charge in [-0.1, -0.05) is 43.6 Å². The molecule has 1 aromatic carbocycles. The van der Waals surface area contributed by atoms with E-state index in [1.807, 2.05) is 24.3 Å². The van der Waals surface area contributed by atoms with Gasteiger partial charge in [-0.05, 0) is 36.2 Å². The quantitative estimate of drug-likeness (QED) is 0.800. The third kappa shape index (κ3) is 2.16. The lowest BCUT2D eigenvalue weighted by Gasteiger charge is -2.56. The van der Waals surface area contributed by atoms with E-state index >= 15 is 0 Å². The van der Waals surface area contributed by atoms with E-state index in [0.717, 1.165) is 40.5 Å². The van der Waals surface area contributed by atoms with Gasteiger partial charge in [0, 0.05) is 21.4 Å². The first-order valence-electron chi connectivity index (χ1n) is 8.10. The Labute approximate surface area is 149 Å². The zero-order valence-corrected chi connectivity index (χ0v) is 15.1. The van der Waals surface area contributed by atoms with Crippen molar-refractivity contribution in [2.24, 2.45) is 17.3 Å². The highest BCUT2D eigenvalue weighted by molar-refractivity contribution is 7.21. The van der Waals surface area contributed by atoms with E-state index < -0.39 is 0 Å². The molecular weight excluding hydrogens is 342 g/mol. The summed E-state index contributed by atoms with van der Waals surface area (Å²) >= 11 is 7.77. The summed E-state index contributed by atoms with van der Waals surface area (Å²) < 4.78 is 0.991. The number of hydrogen-bond acceptors (Lipinski definition) is 3. The largest absolute Gasteiger partial charge is 0.325 e. The van der Waals surface area contributed by atoms with Gasteiger partial charge in [0.05, 0.1) is 5.02 Å². The molecule has 1 aromatic heterocycles. The summed E-state index contributed by atoms with van der Waals surface area (Å²) in [6.07, 6.45) is 2.72. The first-order valence-corrected chi connectivity index (χ1v) is 9.29. The summed E-state index contributed by atoms with van der Waals surface area (Å²) in [5, 5.41) is 4.36. The first kappa shape index (κ1) is 15.9. The zero-order valence-electron chi connectivity index (χ0n) is 13.6. The topological polar surface area (TPSA) is 46.2 Å². The summed E-state index contributed by atoms with van der Waals surface area (Å²) in [6, 6.07) is 7.71. The maximum atomic E-state index is 12.7. The van der Waals surface area contributed by atoms with E-state index in [1.165, 1.54) is 11.3 Å². The van der Waals surface area contributed by atoms with Gasteiger partial charge < -0.3 is 5.32 Å². The highest BCUT2D eigenvalue weighted by atomic mass is 35.5. The van der Waals surface area contributed by atoms with Crippen molar-refractivity contribution < 1.29 is 9.59 Å². The molecule has 5 heteroatoms. The normalized spacial score (nSPS) is 24.6. The molecule has 1 fully saturated rings. The van der Waals surface area contributed by atoms with Crippen molar-refractivity contribution in [3.05, 3.63) is 45.4 Å². The minimum Gasteiger partial charge on any atom is -0.325 e. The van der Waals surface area contributed by atoms with Crippen molar-refractivity contribution >= 4 is 45.2 Å².